The number of hydrogen-bond donors (Lipinski definition) is 0. The van der Waals surface area contributed by atoms with Gasteiger partial charge >= 0.3 is 0 Å². The molecule has 0 aliphatic heterocycles. The van der Waals surface area contributed by atoms with Crippen molar-refractivity contribution >= 4 is 38.6 Å². The molecule has 1 nitrogen and oxygen atoms in total. The molecule has 0 saturated heterocycles. The summed E-state index contributed by atoms with van der Waals surface area (Å²) in [4.78, 5) is 2.42. The van der Waals surface area contributed by atoms with Gasteiger partial charge < -0.3 is 4.90 Å². The number of hydrogen-bond acceptors (Lipinski definition) is 1. The quantitative estimate of drug-likeness (QED) is 0.171. The Morgan fingerprint density at radius 2 is 0.846 bits per heavy atom. The molecule has 1 heteroatoms. The number of benzene rings is 9. The zero-order valence-electron chi connectivity index (χ0n) is 28.7. The Hall–Kier alpha value is -6.70. The average molecular weight is 662 g/mol. The molecule has 0 radical (unpaired) electrons. The van der Waals surface area contributed by atoms with Crippen LogP contribution in [0.3, 0.4) is 0 Å². The second-order valence-electron chi connectivity index (χ2n) is 13.7. The average Bonchev–Trinajstić information content (AvgIpc) is 3.52. The summed E-state index contributed by atoms with van der Waals surface area (Å²) in [6.45, 7) is 0. The molecule has 0 unspecified atom stereocenters. The van der Waals surface area contributed by atoms with E-state index in [-0.39, 0.29) is 0 Å². The van der Waals surface area contributed by atoms with Crippen LogP contribution in [0, 0.1) is 0 Å². The Labute approximate surface area is 304 Å². The van der Waals surface area contributed by atoms with Gasteiger partial charge in [0.25, 0.3) is 0 Å². The van der Waals surface area contributed by atoms with E-state index >= 15 is 0 Å². The summed E-state index contributed by atoms with van der Waals surface area (Å²) in [6, 6.07) is 77.9. The maximum atomic E-state index is 2.49. The summed E-state index contributed by atoms with van der Waals surface area (Å²) in [6.07, 6.45) is 0. The van der Waals surface area contributed by atoms with Gasteiger partial charge in [0, 0.05) is 16.8 Å². The first-order chi connectivity index (χ1) is 25.8. The summed E-state index contributed by atoms with van der Waals surface area (Å²) >= 11 is 0. The van der Waals surface area contributed by atoms with Gasteiger partial charge in [0.2, 0.25) is 0 Å². The molecule has 9 aromatic rings. The third-order valence-electron chi connectivity index (χ3n) is 10.9. The van der Waals surface area contributed by atoms with Crippen molar-refractivity contribution in [3.63, 3.8) is 0 Å². The van der Waals surface area contributed by atoms with E-state index in [2.05, 4.69) is 217 Å². The topological polar surface area (TPSA) is 3.24 Å². The third kappa shape index (κ3) is 4.63. The zero-order valence-corrected chi connectivity index (χ0v) is 28.7. The number of rotatable bonds is 6. The SMILES string of the molecule is c1ccc(N(c2ccccc2)c2cc3c(c4ccccc24)-c2ccc(-c4ccc5ccccc5c4)cc2C3(c2ccccc2)c2ccccc2)cc1. The monoisotopic (exact) mass is 661 g/mol. The van der Waals surface area contributed by atoms with Crippen LogP contribution in [-0.4, -0.2) is 0 Å². The molecule has 0 saturated carbocycles. The molecule has 244 valence electrons. The molecular formula is C51H35N. The summed E-state index contributed by atoms with van der Waals surface area (Å²) in [5.74, 6) is 0. The molecule has 0 spiro atoms. The summed E-state index contributed by atoms with van der Waals surface area (Å²) in [7, 11) is 0. The van der Waals surface area contributed by atoms with Crippen molar-refractivity contribution in [1.29, 1.82) is 0 Å². The molecule has 10 rings (SSSR count). The van der Waals surface area contributed by atoms with E-state index in [4.69, 9.17) is 0 Å². The first-order valence-corrected chi connectivity index (χ1v) is 18.0. The van der Waals surface area contributed by atoms with E-state index in [1.54, 1.807) is 0 Å². The van der Waals surface area contributed by atoms with Gasteiger partial charge in [0.1, 0.15) is 0 Å². The van der Waals surface area contributed by atoms with Crippen LogP contribution in [0.4, 0.5) is 17.1 Å². The molecule has 0 N–H and O–H groups in total. The fourth-order valence-corrected chi connectivity index (χ4v) is 8.64. The lowest BCUT2D eigenvalue weighted by Crippen LogP contribution is -2.29. The van der Waals surface area contributed by atoms with Gasteiger partial charge in [-0.1, -0.05) is 170 Å². The molecule has 0 aromatic heterocycles. The maximum Gasteiger partial charge on any atom is 0.0714 e. The molecule has 0 bridgehead atoms. The predicted octanol–water partition coefficient (Wildman–Crippen LogP) is 13.5. The van der Waals surface area contributed by atoms with Gasteiger partial charge in [-0.2, -0.15) is 0 Å². The highest BCUT2D eigenvalue weighted by Gasteiger charge is 2.47. The number of para-hydroxylation sites is 2. The van der Waals surface area contributed by atoms with E-state index in [0.717, 1.165) is 17.1 Å². The normalized spacial score (nSPS) is 12.8. The van der Waals surface area contributed by atoms with Crippen molar-refractivity contribution in [2.24, 2.45) is 0 Å². The van der Waals surface area contributed by atoms with Crippen LogP contribution < -0.4 is 4.90 Å². The molecule has 9 aromatic carbocycles. The third-order valence-corrected chi connectivity index (χ3v) is 10.9. The largest absolute Gasteiger partial charge is 0.310 e. The van der Waals surface area contributed by atoms with Gasteiger partial charge in [-0.05, 0) is 103 Å². The molecule has 1 aliphatic rings. The molecular weight excluding hydrogens is 627 g/mol. The van der Waals surface area contributed by atoms with E-state index in [1.165, 1.54) is 66.1 Å². The van der Waals surface area contributed by atoms with Crippen LogP contribution in [0.1, 0.15) is 22.3 Å². The Morgan fingerprint density at radius 1 is 0.346 bits per heavy atom. The fourth-order valence-electron chi connectivity index (χ4n) is 8.64. The minimum atomic E-state index is -0.572. The minimum Gasteiger partial charge on any atom is -0.310 e. The molecule has 0 fully saturated rings. The van der Waals surface area contributed by atoms with Crippen LogP contribution >= 0.6 is 0 Å². The first-order valence-electron chi connectivity index (χ1n) is 18.0. The number of anilines is 3. The minimum absolute atomic E-state index is 0.572. The maximum absolute atomic E-state index is 2.49. The van der Waals surface area contributed by atoms with Gasteiger partial charge in [-0.25, -0.2) is 0 Å². The number of fused-ring (bicyclic) bond motifs is 6. The van der Waals surface area contributed by atoms with Crippen LogP contribution in [0.15, 0.2) is 212 Å². The van der Waals surface area contributed by atoms with Crippen molar-refractivity contribution < 1.29 is 0 Å². The van der Waals surface area contributed by atoms with Crippen molar-refractivity contribution in [3.05, 3.63) is 235 Å². The Morgan fingerprint density at radius 3 is 1.48 bits per heavy atom. The fraction of sp³-hybridized carbons (Fsp3) is 0.0196. The predicted molar refractivity (Wildman–Crippen MR) is 219 cm³/mol. The second-order valence-corrected chi connectivity index (χ2v) is 13.7. The van der Waals surface area contributed by atoms with Crippen LogP contribution in [0.2, 0.25) is 0 Å². The van der Waals surface area contributed by atoms with Crippen molar-refractivity contribution in [2.75, 3.05) is 4.90 Å². The van der Waals surface area contributed by atoms with Gasteiger partial charge in [-0.15, -0.1) is 0 Å². The van der Waals surface area contributed by atoms with Crippen LogP contribution in [0.25, 0.3) is 43.8 Å². The molecule has 0 heterocycles. The highest BCUT2D eigenvalue weighted by Crippen LogP contribution is 2.60. The van der Waals surface area contributed by atoms with E-state index in [0.29, 0.717) is 0 Å². The highest BCUT2D eigenvalue weighted by atomic mass is 15.1. The molecule has 0 amide bonds. The van der Waals surface area contributed by atoms with Crippen molar-refractivity contribution in [3.8, 4) is 22.3 Å². The summed E-state index contributed by atoms with van der Waals surface area (Å²) < 4.78 is 0. The van der Waals surface area contributed by atoms with Crippen LogP contribution in [0.5, 0.6) is 0 Å². The smallest absolute Gasteiger partial charge is 0.0714 e. The molecule has 0 atom stereocenters. The molecule has 1 aliphatic carbocycles. The standard InChI is InChI=1S/C51H35N/c1-5-19-40(20-6-1)51(41-21-7-2-8-22-41)47-34-39(38-30-29-36-17-13-14-18-37(36)33-38)31-32-46(47)50-45-28-16-15-27-44(45)49(35-48(50)51)52(42-23-9-3-10-24-42)43-25-11-4-12-26-43/h1-35H. The summed E-state index contributed by atoms with van der Waals surface area (Å²) in [5, 5.41) is 4.97. The van der Waals surface area contributed by atoms with E-state index in [9.17, 15) is 0 Å². The van der Waals surface area contributed by atoms with Gasteiger partial charge in [0.05, 0.1) is 11.1 Å². The van der Waals surface area contributed by atoms with Crippen molar-refractivity contribution in [2.45, 2.75) is 5.41 Å². The lowest BCUT2D eigenvalue weighted by molar-refractivity contribution is 0.769. The second kappa shape index (κ2) is 12.3. The highest BCUT2D eigenvalue weighted by molar-refractivity contribution is 6.11. The van der Waals surface area contributed by atoms with E-state index < -0.39 is 5.41 Å². The first kappa shape index (κ1) is 30.2. The Bertz CT molecular complexity index is 2640. The van der Waals surface area contributed by atoms with Crippen LogP contribution in [-0.2, 0) is 5.41 Å². The van der Waals surface area contributed by atoms with E-state index in [1.807, 2.05) is 0 Å². The lowest BCUT2D eigenvalue weighted by atomic mass is 9.67. The molecule has 52 heavy (non-hydrogen) atoms. The van der Waals surface area contributed by atoms with Gasteiger partial charge in [0.15, 0.2) is 0 Å². The Kier molecular flexibility index (Phi) is 7.11. The summed E-state index contributed by atoms with van der Waals surface area (Å²) in [5.41, 5.74) is 13.0. The number of nitrogens with zero attached hydrogens (tertiary/aromatic N) is 1. The van der Waals surface area contributed by atoms with Gasteiger partial charge in [-0.3, -0.25) is 0 Å². The lowest BCUT2D eigenvalue weighted by Gasteiger charge is -2.35. The Balaban J connectivity index is 1.34. The van der Waals surface area contributed by atoms with Crippen molar-refractivity contribution in [1.82, 2.24) is 0 Å². The zero-order chi connectivity index (χ0) is 34.5.